The Hall–Kier alpha value is -0.330. The normalized spacial score (nSPS) is 46.3. The van der Waals surface area contributed by atoms with Gasteiger partial charge in [-0.3, -0.25) is 4.79 Å². The number of hydrogen-bond acceptors (Lipinski definition) is 1. The van der Waals surface area contributed by atoms with E-state index in [0.29, 0.717) is 11.7 Å². The van der Waals surface area contributed by atoms with Crippen molar-refractivity contribution in [1.29, 1.82) is 0 Å². The summed E-state index contributed by atoms with van der Waals surface area (Å²) in [6, 6.07) is 0. The average Bonchev–Trinajstić information content (AvgIpc) is 2.22. The van der Waals surface area contributed by atoms with Crippen LogP contribution in [0.15, 0.2) is 0 Å². The Morgan fingerprint density at radius 3 is 2.80 bits per heavy atom. The van der Waals surface area contributed by atoms with Gasteiger partial charge in [-0.05, 0) is 43.4 Å². The summed E-state index contributed by atoms with van der Waals surface area (Å²) in [5, 5.41) is 0. The third kappa shape index (κ3) is 1.74. The van der Waals surface area contributed by atoms with Gasteiger partial charge < -0.3 is 0 Å². The van der Waals surface area contributed by atoms with Crippen molar-refractivity contribution < 1.29 is 4.79 Å². The first kappa shape index (κ1) is 11.2. The zero-order valence-electron chi connectivity index (χ0n) is 10.4. The van der Waals surface area contributed by atoms with Crippen molar-refractivity contribution in [3.63, 3.8) is 0 Å². The molecule has 0 amide bonds. The maximum Gasteiger partial charge on any atom is 0.139 e. The SMILES string of the molecule is CCC1CCC(=O)C2(C)CCC(C)CC12. The van der Waals surface area contributed by atoms with Crippen LogP contribution in [0.3, 0.4) is 0 Å². The summed E-state index contributed by atoms with van der Waals surface area (Å²) in [6.07, 6.45) is 6.96. The zero-order chi connectivity index (χ0) is 11.1. The minimum atomic E-state index is 0.0471. The number of ketones is 1. The number of carbonyl (C=O) groups excluding carboxylic acids is 1. The van der Waals surface area contributed by atoms with Gasteiger partial charge in [0.2, 0.25) is 0 Å². The largest absolute Gasteiger partial charge is 0.299 e. The maximum atomic E-state index is 12.1. The molecule has 2 aliphatic carbocycles. The van der Waals surface area contributed by atoms with Crippen LogP contribution in [-0.2, 0) is 4.79 Å². The van der Waals surface area contributed by atoms with Crippen LogP contribution in [0, 0.1) is 23.2 Å². The molecule has 2 aliphatic rings. The molecule has 1 nitrogen and oxygen atoms in total. The van der Waals surface area contributed by atoms with Crippen molar-refractivity contribution in [2.45, 2.75) is 59.3 Å². The van der Waals surface area contributed by atoms with E-state index >= 15 is 0 Å². The van der Waals surface area contributed by atoms with Crippen LogP contribution >= 0.6 is 0 Å². The molecule has 86 valence electrons. The van der Waals surface area contributed by atoms with Gasteiger partial charge in [0.05, 0.1) is 0 Å². The zero-order valence-corrected chi connectivity index (χ0v) is 10.4. The van der Waals surface area contributed by atoms with Crippen molar-refractivity contribution in [2.24, 2.45) is 23.2 Å². The second-order valence-corrected chi connectivity index (χ2v) is 6.03. The van der Waals surface area contributed by atoms with Crippen LogP contribution in [0.5, 0.6) is 0 Å². The van der Waals surface area contributed by atoms with Crippen molar-refractivity contribution in [2.75, 3.05) is 0 Å². The van der Waals surface area contributed by atoms with Gasteiger partial charge in [-0.1, -0.05) is 27.2 Å². The lowest BCUT2D eigenvalue weighted by Gasteiger charge is -2.49. The van der Waals surface area contributed by atoms with E-state index in [0.717, 1.165) is 31.1 Å². The van der Waals surface area contributed by atoms with Crippen LogP contribution < -0.4 is 0 Å². The number of Topliss-reactive ketones (excluding diaryl/α,β-unsaturated/α-hetero) is 1. The highest BCUT2D eigenvalue weighted by atomic mass is 16.1. The first-order valence-corrected chi connectivity index (χ1v) is 6.61. The molecule has 0 aliphatic heterocycles. The Morgan fingerprint density at radius 1 is 1.40 bits per heavy atom. The average molecular weight is 208 g/mol. The Kier molecular flexibility index (Phi) is 2.92. The van der Waals surface area contributed by atoms with Gasteiger partial charge >= 0.3 is 0 Å². The molecule has 0 aromatic carbocycles. The summed E-state index contributed by atoms with van der Waals surface area (Å²) in [5.74, 6) is 2.90. The van der Waals surface area contributed by atoms with Gasteiger partial charge in [0.1, 0.15) is 5.78 Å². The van der Waals surface area contributed by atoms with Crippen molar-refractivity contribution >= 4 is 5.78 Å². The molecule has 4 unspecified atom stereocenters. The van der Waals surface area contributed by atoms with Crippen molar-refractivity contribution in [1.82, 2.24) is 0 Å². The first-order valence-electron chi connectivity index (χ1n) is 6.61. The highest BCUT2D eigenvalue weighted by Crippen LogP contribution is 2.52. The third-order valence-electron chi connectivity index (χ3n) is 5.10. The number of fused-ring (bicyclic) bond motifs is 1. The number of rotatable bonds is 1. The molecular formula is C14H24O. The van der Waals surface area contributed by atoms with E-state index in [-0.39, 0.29) is 5.41 Å². The van der Waals surface area contributed by atoms with E-state index < -0.39 is 0 Å². The van der Waals surface area contributed by atoms with E-state index in [9.17, 15) is 4.79 Å². The molecule has 2 fully saturated rings. The molecule has 0 saturated heterocycles. The molecule has 0 aromatic heterocycles. The Morgan fingerprint density at radius 2 is 2.13 bits per heavy atom. The van der Waals surface area contributed by atoms with E-state index in [4.69, 9.17) is 0 Å². The molecule has 0 heterocycles. The van der Waals surface area contributed by atoms with Crippen LogP contribution in [-0.4, -0.2) is 5.78 Å². The van der Waals surface area contributed by atoms with E-state index in [2.05, 4.69) is 20.8 Å². The lowest BCUT2D eigenvalue weighted by Crippen LogP contribution is -2.47. The molecule has 0 spiro atoms. The predicted octanol–water partition coefficient (Wildman–Crippen LogP) is 3.82. The Balaban J connectivity index is 2.23. The van der Waals surface area contributed by atoms with Crippen LogP contribution in [0.25, 0.3) is 0 Å². The fourth-order valence-corrected chi connectivity index (χ4v) is 3.89. The predicted molar refractivity (Wildman–Crippen MR) is 62.6 cm³/mol. The molecule has 0 bridgehead atoms. The topological polar surface area (TPSA) is 17.1 Å². The minimum absolute atomic E-state index is 0.0471. The standard InChI is InChI=1S/C14H24O/c1-4-11-5-6-13(15)14(3)8-7-10(2)9-12(11)14/h10-12H,4-9H2,1-3H3. The summed E-state index contributed by atoms with van der Waals surface area (Å²) in [7, 11) is 0. The molecule has 0 aromatic rings. The summed E-state index contributed by atoms with van der Waals surface area (Å²) < 4.78 is 0. The van der Waals surface area contributed by atoms with E-state index in [1.54, 1.807) is 0 Å². The summed E-state index contributed by atoms with van der Waals surface area (Å²) in [4.78, 5) is 12.1. The number of carbonyl (C=O) groups is 1. The van der Waals surface area contributed by atoms with Gasteiger partial charge in [-0.15, -0.1) is 0 Å². The Bertz CT molecular complexity index is 258. The minimum Gasteiger partial charge on any atom is -0.299 e. The number of hydrogen-bond donors (Lipinski definition) is 0. The van der Waals surface area contributed by atoms with Gasteiger partial charge in [0, 0.05) is 11.8 Å². The molecule has 1 heteroatoms. The van der Waals surface area contributed by atoms with Gasteiger partial charge in [0.25, 0.3) is 0 Å². The Labute approximate surface area is 93.6 Å². The molecular weight excluding hydrogens is 184 g/mol. The van der Waals surface area contributed by atoms with Gasteiger partial charge in [-0.25, -0.2) is 0 Å². The van der Waals surface area contributed by atoms with Gasteiger partial charge in [-0.2, -0.15) is 0 Å². The lowest BCUT2D eigenvalue weighted by atomic mass is 9.54. The maximum absolute atomic E-state index is 12.1. The van der Waals surface area contributed by atoms with Crippen LogP contribution in [0.1, 0.15) is 59.3 Å². The van der Waals surface area contributed by atoms with E-state index in [1.165, 1.54) is 19.3 Å². The molecule has 2 saturated carbocycles. The molecule has 15 heavy (non-hydrogen) atoms. The quantitative estimate of drug-likeness (QED) is 0.640. The smallest absolute Gasteiger partial charge is 0.139 e. The monoisotopic (exact) mass is 208 g/mol. The first-order chi connectivity index (χ1) is 7.08. The highest BCUT2D eigenvalue weighted by molar-refractivity contribution is 5.85. The molecule has 4 atom stereocenters. The summed E-state index contributed by atoms with van der Waals surface area (Å²) in [6.45, 7) is 6.89. The summed E-state index contributed by atoms with van der Waals surface area (Å²) in [5.41, 5.74) is 0.0471. The molecule has 2 rings (SSSR count). The molecule has 0 N–H and O–H groups in total. The summed E-state index contributed by atoms with van der Waals surface area (Å²) >= 11 is 0. The van der Waals surface area contributed by atoms with E-state index in [1.807, 2.05) is 0 Å². The molecule has 0 radical (unpaired) electrons. The lowest BCUT2D eigenvalue weighted by molar-refractivity contribution is -0.141. The van der Waals surface area contributed by atoms with Crippen LogP contribution in [0.4, 0.5) is 0 Å². The fraction of sp³-hybridized carbons (Fsp3) is 0.929. The highest BCUT2D eigenvalue weighted by Gasteiger charge is 2.49. The van der Waals surface area contributed by atoms with Crippen molar-refractivity contribution in [3.05, 3.63) is 0 Å². The third-order valence-corrected chi connectivity index (χ3v) is 5.10. The fourth-order valence-electron chi connectivity index (χ4n) is 3.89. The van der Waals surface area contributed by atoms with Crippen molar-refractivity contribution in [3.8, 4) is 0 Å². The van der Waals surface area contributed by atoms with Gasteiger partial charge in [0.15, 0.2) is 0 Å². The second-order valence-electron chi connectivity index (χ2n) is 6.03. The van der Waals surface area contributed by atoms with Crippen LogP contribution in [0.2, 0.25) is 0 Å². The second kappa shape index (κ2) is 3.92.